The van der Waals surface area contributed by atoms with Gasteiger partial charge >= 0.3 is 0 Å². The molecule has 4 N–H and O–H groups in total. The molecule has 1 amide bonds. The molecule has 1 heterocycles. The Balaban J connectivity index is 1.85. The van der Waals surface area contributed by atoms with Crippen molar-refractivity contribution in [2.24, 2.45) is 5.10 Å². The number of hydrazone groups is 1. The molecule has 2 aromatic rings. The van der Waals surface area contributed by atoms with Crippen molar-refractivity contribution in [3.63, 3.8) is 0 Å². The third-order valence-electron chi connectivity index (χ3n) is 4.86. The van der Waals surface area contributed by atoms with Crippen LogP contribution in [0.3, 0.4) is 0 Å². The quantitative estimate of drug-likeness (QED) is 0.285. The van der Waals surface area contributed by atoms with Crippen LogP contribution >= 0.6 is 12.2 Å². The van der Waals surface area contributed by atoms with Gasteiger partial charge in [0.1, 0.15) is 11.5 Å². The summed E-state index contributed by atoms with van der Waals surface area (Å²) in [6.07, 6.45) is 1.49. The van der Waals surface area contributed by atoms with Crippen molar-refractivity contribution >= 4 is 29.5 Å². The smallest absolute Gasteiger partial charge is 0.271 e. The lowest BCUT2D eigenvalue weighted by molar-refractivity contribution is -0.117. The molecule has 0 saturated heterocycles. The van der Waals surface area contributed by atoms with Gasteiger partial charge in [-0.25, -0.2) is 5.43 Å². The Kier molecular flexibility index (Phi) is 7.16. The van der Waals surface area contributed by atoms with Crippen molar-refractivity contribution in [2.75, 3.05) is 21.3 Å². The van der Waals surface area contributed by atoms with E-state index in [1.54, 1.807) is 44.4 Å². The molecule has 1 aliphatic heterocycles. The third kappa shape index (κ3) is 4.92. The Morgan fingerprint density at radius 3 is 2.56 bits per heavy atom. The van der Waals surface area contributed by atoms with Crippen LogP contribution in [0.5, 0.6) is 23.0 Å². The van der Waals surface area contributed by atoms with E-state index in [9.17, 15) is 9.90 Å². The zero-order valence-corrected chi connectivity index (χ0v) is 18.9. The van der Waals surface area contributed by atoms with E-state index in [1.807, 2.05) is 0 Å². The highest BCUT2D eigenvalue weighted by Crippen LogP contribution is 2.33. The van der Waals surface area contributed by atoms with Crippen LogP contribution < -0.4 is 30.3 Å². The SMILES string of the molecule is COc1ccc(/C=N/NC(=O)C2=C(C)NC(=S)NC2c2ccc(O)c(OC)c2)c(OC)c1. The fraction of sp³-hybridized carbons (Fsp3) is 0.227. The van der Waals surface area contributed by atoms with Crippen LogP contribution in [-0.2, 0) is 4.79 Å². The first-order chi connectivity index (χ1) is 15.4. The molecule has 168 valence electrons. The minimum Gasteiger partial charge on any atom is -0.504 e. The van der Waals surface area contributed by atoms with Gasteiger partial charge in [0.15, 0.2) is 16.6 Å². The van der Waals surface area contributed by atoms with Crippen LogP contribution in [0.2, 0.25) is 0 Å². The van der Waals surface area contributed by atoms with E-state index in [1.165, 1.54) is 26.5 Å². The Morgan fingerprint density at radius 2 is 1.88 bits per heavy atom. The van der Waals surface area contributed by atoms with Crippen molar-refractivity contribution in [1.29, 1.82) is 0 Å². The molecule has 2 aromatic carbocycles. The van der Waals surface area contributed by atoms with Crippen molar-refractivity contribution in [2.45, 2.75) is 13.0 Å². The number of phenols is 1. The van der Waals surface area contributed by atoms with Gasteiger partial charge in [0, 0.05) is 17.3 Å². The summed E-state index contributed by atoms with van der Waals surface area (Å²) in [5.74, 6) is 1.06. The molecule has 3 rings (SSSR count). The second kappa shape index (κ2) is 10.0. The monoisotopic (exact) mass is 456 g/mol. The number of allylic oxidation sites excluding steroid dienone is 1. The van der Waals surface area contributed by atoms with Gasteiger partial charge in [-0.15, -0.1) is 0 Å². The van der Waals surface area contributed by atoms with Crippen LogP contribution in [0.4, 0.5) is 0 Å². The lowest BCUT2D eigenvalue weighted by Crippen LogP contribution is -2.46. The van der Waals surface area contributed by atoms with E-state index in [-0.39, 0.29) is 11.5 Å². The molecule has 0 fully saturated rings. The van der Waals surface area contributed by atoms with E-state index < -0.39 is 11.9 Å². The Hall–Kier alpha value is -3.79. The van der Waals surface area contributed by atoms with Crippen molar-refractivity contribution in [3.05, 3.63) is 58.8 Å². The second-order valence-corrected chi connectivity index (χ2v) is 7.22. The molecule has 0 bridgehead atoms. The molecule has 0 spiro atoms. The van der Waals surface area contributed by atoms with Crippen molar-refractivity contribution in [3.8, 4) is 23.0 Å². The average Bonchev–Trinajstić information content (AvgIpc) is 2.78. The molecule has 1 aliphatic rings. The number of rotatable bonds is 7. The fourth-order valence-electron chi connectivity index (χ4n) is 3.26. The van der Waals surface area contributed by atoms with Crippen LogP contribution in [0.15, 0.2) is 52.8 Å². The number of nitrogens with zero attached hydrogens (tertiary/aromatic N) is 1. The number of phenolic OH excluding ortho intramolecular Hbond substituents is 1. The number of hydrogen-bond acceptors (Lipinski definition) is 7. The number of methoxy groups -OCH3 is 3. The van der Waals surface area contributed by atoms with Gasteiger partial charge in [0.05, 0.1) is 39.2 Å². The first kappa shape index (κ1) is 22.9. The molecular weight excluding hydrogens is 432 g/mol. The van der Waals surface area contributed by atoms with Gasteiger partial charge in [-0.3, -0.25) is 4.79 Å². The molecule has 1 atom stereocenters. The topological polar surface area (TPSA) is 113 Å². The maximum Gasteiger partial charge on any atom is 0.271 e. The van der Waals surface area contributed by atoms with Gasteiger partial charge in [-0.2, -0.15) is 5.10 Å². The molecule has 9 nitrogen and oxygen atoms in total. The summed E-state index contributed by atoms with van der Waals surface area (Å²) < 4.78 is 15.7. The highest BCUT2D eigenvalue weighted by Gasteiger charge is 2.30. The van der Waals surface area contributed by atoms with Crippen LogP contribution in [0.1, 0.15) is 24.1 Å². The molecule has 32 heavy (non-hydrogen) atoms. The second-order valence-electron chi connectivity index (χ2n) is 6.81. The summed E-state index contributed by atoms with van der Waals surface area (Å²) in [6, 6.07) is 9.53. The Bertz CT molecular complexity index is 1100. The minimum absolute atomic E-state index is 0.00231. The molecule has 0 aliphatic carbocycles. The van der Waals surface area contributed by atoms with E-state index in [2.05, 4.69) is 21.2 Å². The summed E-state index contributed by atoms with van der Waals surface area (Å²) in [5.41, 5.74) is 4.88. The summed E-state index contributed by atoms with van der Waals surface area (Å²) in [6.45, 7) is 1.75. The van der Waals surface area contributed by atoms with Gasteiger partial charge in [-0.05, 0) is 49.0 Å². The largest absolute Gasteiger partial charge is 0.504 e. The molecular formula is C22H24N4O5S. The molecule has 10 heteroatoms. The van der Waals surface area contributed by atoms with Crippen LogP contribution in [0.25, 0.3) is 0 Å². The first-order valence-electron chi connectivity index (χ1n) is 9.58. The maximum atomic E-state index is 13.0. The van der Waals surface area contributed by atoms with Crippen LogP contribution in [0, 0.1) is 0 Å². The number of aromatic hydroxyl groups is 1. The summed E-state index contributed by atoms with van der Waals surface area (Å²) in [5, 5.41) is 20.4. The lowest BCUT2D eigenvalue weighted by Gasteiger charge is -2.30. The predicted octanol–water partition coefficient (Wildman–Crippen LogP) is 2.36. The molecule has 1 unspecified atom stereocenters. The van der Waals surface area contributed by atoms with E-state index in [0.717, 1.165) is 0 Å². The Labute approximate surface area is 191 Å². The number of thiocarbonyl (C=S) groups is 1. The summed E-state index contributed by atoms with van der Waals surface area (Å²) in [4.78, 5) is 13.0. The average molecular weight is 457 g/mol. The Morgan fingerprint density at radius 1 is 1.12 bits per heavy atom. The molecule has 0 saturated carbocycles. The third-order valence-corrected chi connectivity index (χ3v) is 5.08. The number of amides is 1. The van der Waals surface area contributed by atoms with Gasteiger partial charge in [-0.1, -0.05) is 6.07 Å². The standard InChI is InChI=1S/C22H24N4O5S/c1-12-19(20(25-22(32)24-12)13-6-8-16(27)18(9-13)31-4)21(28)26-23-11-14-5-7-15(29-2)10-17(14)30-3/h5-11,20,27H,1-4H3,(H,26,28)(H2,24,25,32)/b23-11+. The zero-order valence-electron chi connectivity index (χ0n) is 18.1. The summed E-state index contributed by atoms with van der Waals surface area (Å²) in [7, 11) is 4.56. The predicted molar refractivity (Wildman–Crippen MR) is 124 cm³/mol. The van der Waals surface area contributed by atoms with Crippen molar-refractivity contribution in [1.82, 2.24) is 16.1 Å². The maximum absolute atomic E-state index is 13.0. The first-order valence-corrected chi connectivity index (χ1v) is 9.99. The van der Waals surface area contributed by atoms with Gasteiger partial charge in [0.2, 0.25) is 0 Å². The number of carbonyl (C=O) groups is 1. The van der Waals surface area contributed by atoms with Crippen LogP contribution in [-0.4, -0.2) is 43.7 Å². The van der Waals surface area contributed by atoms with Gasteiger partial charge in [0.25, 0.3) is 5.91 Å². The highest BCUT2D eigenvalue weighted by molar-refractivity contribution is 7.80. The number of ether oxygens (including phenoxy) is 3. The molecule has 0 radical (unpaired) electrons. The van der Waals surface area contributed by atoms with E-state index in [0.29, 0.717) is 39.0 Å². The number of benzene rings is 2. The molecule has 0 aromatic heterocycles. The number of hydrogen-bond donors (Lipinski definition) is 4. The number of carbonyl (C=O) groups excluding carboxylic acids is 1. The van der Waals surface area contributed by atoms with E-state index >= 15 is 0 Å². The van der Waals surface area contributed by atoms with E-state index in [4.69, 9.17) is 26.4 Å². The summed E-state index contributed by atoms with van der Waals surface area (Å²) >= 11 is 5.26. The zero-order chi connectivity index (χ0) is 23.3. The van der Waals surface area contributed by atoms with Gasteiger partial charge < -0.3 is 30.0 Å². The lowest BCUT2D eigenvalue weighted by atomic mass is 9.95. The minimum atomic E-state index is -0.566. The van der Waals surface area contributed by atoms with Crippen molar-refractivity contribution < 1.29 is 24.1 Å². The fourth-order valence-corrected chi connectivity index (χ4v) is 3.54. The normalized spacial score (nSPS) is 15.8. The highest BCUT2D eigenvalue weighted by atomic mass is 32.1. The number of nitrogens with one attached hydrogen (secondary N) is 3.